The van der Waals surface area contributed by atoms with Gasteiger partial charge in [0.25, 0.3) is 0 Å². The lowest BCUT2D eigenvalue weighted by Gasteiger charge is -2.11. The largest absolute Gasteiger partial charge is 0.477 e. The Bertz CT molecular complexity index is 1010. The zero-order valence-corrected chi connectivity index (χ0v) is 13.9. The van der Waals surface area contributed by atoms with Crippen molar-refractivity contribution >= 4 is 29.1 Å². The molecule has 0 spiro atoms. The number of aliphatic carboxylic acids is 1. The number of hydrogen-bond acceptors (Lipinski definition) is 6. The molecule has 0 aliphatic carbocycles. The molecule has 0 bridgehead atoms. The molecular weight excluding hydrogens is 352 g/mol. The third-order valence-corrected chi connectivity index (χ3v) is 4.15. The molecule has 9 nitrogen and oxygen atoms in total. The van der Waals surface area contributed by atoms with Crippen molar-refractivity contribution in [2.75, 3.05) is 12.1 Å². The van der Waals surface area contributed by atoms with E-state index in [4.69, 9.17) is 15.2 Å². The minimum Gasteiger partial charge on any atom is -0.477 e. The van der Waals surface area contributed by atoms with E-state index in [2.05, 4.69) is 15.5 Å². The van der Waals surface area contributed by atoms with E-state index < -0.39 is 12.0 Å². The number of primary amides is 1. The summed E-state index contributed by atoms with van der Waals surface area (Å²) in [7, 11) is 0. The van der Waals surface area contributed by atoms with Crippen molar-refractivity contribution < 1.29 is 24.2 Å². The third kappa shape index (κ3) is 3.17. The van der Waals surface area contributed by atoms with Gasteiger partial charge < -0.3 is 25.6 Å². The van der Waals surface area contributed by atoms with Crippen molar-refractivity contribution in [2.24, 2.45) is 15.9 Å². The van der Waals surface area contributed by atoms with Gasteiger partial charge in [-0.2, -0.15) is 0 Å². The Morgan fingerprint density at radius 2 is 1.78 bits per heavy atom. The van der Waals surface area contributed by atoms with Crippen LogP contribution in [0.5, 0.6) is 11.5 Å². The van der Waals surface area contributed by atoms with E-state index >= 15 is 0 Å². The van der Waals surface area contributed by atoms with Crippen LogP contribution in [-0.2, 0) is 11.2 Å². The van der Waals surface area contributed by atoms with Crippen LogP contribution < -0.4 is 20.5 Å². The second-order valence-electron chi connectivity index (χ2n) is 5.91. The summed E-state index contributed by atoms with van der Waals surface area (Å²) >= 11 is 0. The highest BCUT2D eigenvalue weighted by Crippen LogP contribution is 2.36. The number of nitrogens with one attached hydrogen (secondary N) is 1. The molecular formula is C18H14N4O5. The first-order valence-corrected chi connectivity index (χ1v) is 7.99. The molecule has 0 aromatic heterocycles. The van der Waals surface area contributed by atoms with Gasteiger partial charge in [-0.1, -0.05) is 12.1 Å². The number of urea groups is 1. The number of rotatable bonds is 3. The zero-order valence-electron chi connectivity index (χ0n) is 13.9. The maximum atomic E-state index is 11.4. The second-order valence-corrected chi connectivity index (χ2v) is 5.91. The number of nitrogens with two attached hydrogens (primary N) is 1. The second kappa shape index (κ2) is 6.45. The normalized spacial score (nSPS) is 14.5. The van der Waals surface area contributed by atoms with Crippen LogP contribution >= 0.6 is 0 Å². The van der Waals surface area contributed by atoms with Gasteiger partial charge in [0.2, 0.25) is 6.79 Å². The van der Waals surface area contributed by atoms with E-state index in [1.54, 1.807) is 36.4 Å². The number of carbonyl (C=O) groups is 2. The molecule has 9 heteroatoms. The first-order chi connectivity index (χ1) is 13.0. The predicted octanol–water partition coefficient (Wildman–Crippen LogP) is 1.74. The summed E-state index contributed by atoms with van der Waals surface area (Å²) in [6.45, 7) is 0.109. The fraction of sp³-hybridized carbons (Fsp3) is 0.111. The fourth-order valence-corrected chi connectivity index (χ4v) is 2.92. The van der Waals surface area contributed by atoms with Crippen LogP contribution in [0.15, 0.2) is 46.6 Å². The standard InChI is InChI=1S/C18H14N4O5/c19-18(25)20-11-3-1-9(2-4-11)16-12-7-15-14(26-8-27-15)6-10(12)5-13(17(23)24)21-22-16/h1-4,6-7H,5,8H2,(H,23,24)(H3,19,20,25). The number of amides is 2. The first-order valence-electron chi connectivity index (χ1n) is 7.99. The van der Waals surface area contributed by atoms with Gasteiger partial charge in [-0.15, -0.1) is 10.2 Å². The number of benzene rings is 2. The van der Waals surface area contributed by atoms with E-state index in [9.17, 15) is 14.7 Å². The van der Waals surface area contributed by atoms with Crippen LogP contribution in [0.1, 0.15) is 16.7 Å². The molecule has 2 heterocycles. The molecule has 2 amide bonds. The Hall–Kier alpha value is -3.88. The van der Waals surface area contributed by atoms with Crippen molar-refractivity contribution in [3.8, 4) is 11.5 Å². The van der Waals surface area contributed by atoms with Gasteiger partial charge in [-0.25, -0.2) is 9.59 Å². The number of carboxylic acid groups (broad SMARTS) is 1. The molecule has 4 N–H and O–H groups in total. The number of carbonyl (C=O) groups excluding carboxylic acids is 1. The van der Waals surface area contributed by atoms with Crippen molar-refractivity contribution in [1.29, 1.82) is 0 Å². The SMILES string of the molecule is NC(=O)Nc1ccc(C2=NN=C(C(=O)O)Cc3cc4c(cc32)OCO4)cc1. The molecule has 2 aromatic rings. The molecule has 0 saturated heterocycles. The molecule has 0 radical (unpaired) electrons. The summed E-state index contributed by atoms with van der Waals surface area (Å²) in [6.07, 6.45) is 0.107. The summed E-state index contributed by atoms with van der Waals surface area (Å²) in [5.41, 5.74) is 8.18. The van der Waals surface area contributed by atoms with Gasteiger partial charge in [0.05, 0.1) is 0 Å². The van der Waals surface area contributed by atoms with E-state index in [0.29, 0.717) is 34.0 Å². The number of hydrogen-bond donors (Lipinski definition) is 3. The highest BCUT2D eigenvalue weighted by atomic mass is 16.7. The van der Waals surface area contributed by atoms with Gasteiger partial charge in [0.15, 0.2) is 17.2 Å². The quantitative estimate of drug-likeness (QED) is 0.760. The monoisotopic (exact) mass is 366 g/mol. The summed E-state index contributed by atoms with van der Waals surface area (Å²) in [5.74, 6) is -0.0161. The van der Waals surface area contributed by atoms with Gasteiger partial charge >= 0.3 is 12.0 Å². The van der Waals surface area contributed by atoms with Crippen LogP contribution in [-0.4, -0.2) is 35.3 Å². The number of nitrogens with zero attached hydrogens (tertiary/aromatic N) is 2. The van der Waals surface area contributed by atoms with E-state index in [0.717, 1.165) is 5.56 Å². The smallest absolute Gasteiger partial charge is 0.352 e. The summed E-state index contributed by atoms with van der Waals surface area (Å²) < 4.78 is 10.8. The summed E-state index contributed by atoms with van der Waals surface area (Å²) in [6, 6.07) is 9.67. The summed E-state index contributed by atoms with van der Waals surface area (Å²) in [5, 5.41) is 19.9. The molecule has 2 aromatic carbocycles. The van der Waals surface area contributed by atoms with Crippen molar-refractivity contribution in [1.82, 2.24) is 0 Å². The topological polar surface area (TPSA) is 136 Å². The molecule has 0 unspecified atom stereocenters. The first kappa shape index (κ1) is 16.6. The summed E-state index contributed by atoms with van der Waals surface area (Å²) in [4.78, 5) is 22.4. The lowest BCUT2D eigenvalue weighted by atomic mass is 9.94. The number of ether oxygens (including phenoxy) is 2. The van der Waals surface area contributed by atoms with Crippen molar-refractivity contribution in [3.63, 3.8) is 0 Å². The Kier molecular flexibility index (Phi) is 3.96. The van der Waals surface area contributed by atoms with E-state index in [1.165, 1.54) is 0 Å². The predicted molar refractivity (Wildman–Crippen MR) is 96.6 cm³/mol. The Morgan fingerprint density at radius 3 is 2.44 bits per heavy atom. The zero-order chi connectivity index (χ0) is 19.0. The van der Waals surface area contributed by atoms with Crippen LogP contribution in [0.2, 0.25) is 0 Å². The molecule has 0 fully saturated rings. The van der Waals surface area contributed by atoms with Crippen LogP contribution in [0, 0.1) is 0 Å². The average molecular weight is 366 g/mol. The molecule has 4 rings (SSSR count). The highest BCUT2D eigenvalue weighted by Gasteiger charge is 2.25. The molecule has 2 aliphatic heterocycles. The van der Waals surface area contributed by atoms with Gasteiger partial charge in [-0.3, -0.25) is 0 Å². The lowest BCUT2D eigenvalue weighted by Crippen LogP contribution is -2.19. The Morgan fingerprint density at radius 1 is 1.07 bits per heavy atom. The maximum absolute atomic E-state index is 11.4. The number of fused-ring (bicyclic) bond motifs is 2. The molecule has 2 aliphatic rings. The Balaban J connectivity index is 1.81. The molecule has 136 valence electrons. The van der Waals surface area contributed by atoms with E-state index in [1.807, 2.05) is 0 Å². The highest BCUT2D eigenvalue weighted by molar-refractivity contribution is 6.36. The molecule has 0 saturated carbocycles. The minimum absolute atomic E-state index is 0.0721. The van der Waals surface area contributed by atoms with Crippen molar-refractivity contribution in [2.45, 2.75) is 6.42 Å². The van der Waals surface area contributed by atoms with Gasteiger partial charge in [-0.05, 0) is 29.8 Å². The molecule has 0 atom stereocenters. The Labute approximate surface area is 153 Å². The average Bonchev–Trinajstić information content (AvgIpc) is 2.99. The fourth-order valence-electron chi connectivity index (χ4n) is 2.92. The van der Waals surface area contributed by atoms with Crippen LogP contribution in [0.4, 0.5) is 10.5 Å². The van der Waals surface area contributed by atoms with Crippen LogP contribution in [0.25, 0.3) is 0 Å². The minimum atomic E-state index is -1.13. The number of carboxylic acids is 1. The van der Waals surface area contributed by atoms with E-state index in [-0.39, 0.29) is 18.9 Å². The maximum Gasteiger partial charge on any atom is 0.352 e. The lowest BCUT2D eigenvalue weighted by molar-refractivity contribution is -0.129. The number of anilines is 1. The van der Waals surface area contributed by atoms with Gasteiger partial charge in [0.1, 0.15) is 5.71 Å². The molecule has 27 heavy (non-hydrogen) atoms. The van der Waals surface area contributed by atoms with Crippen LogP contribution in [0.3, 0.4) is 0 Å². The van der Waals surface area contributed by atoms with Gasteiger partial charge in [0, 0.05) is 23.2 Å². The third-order valence-electron chi connectivity index (χ3n) is 4.15. The van der Waals surface area contributed by atoms with Crippen molar-refractivity contribution in [3.05, 3.63) is 53.1 Å².